The van der Waals surface area contributed by atoms with E-state index < -0.39 is 19.7 Å². The normalized spacial score (nSPS) is 16.2. The standard InChI is InChI=1S/C55H74Cl4N8O12S2/c1-66-35-48(46-31-42(56)33-52(58)50(46)37-66)40-7-5-9-44(29-40)80(71,39-68)64-15-19-76-23-27-78-25-21-74-17-13-62-54(69)60-11-3-4-12-61-55(70)63-14-18-75-22-26-79-28-24-77-20-16-65-81(72,73)45-10-6-8-41(30-45)49-36-67(2)38-51-47(49)32-43(57)34-53(51)59/h5-10,29-34,48-49,65H,3-4,11-28,35-38H2,1-2H3,(H,64,71)(H2,60,62,69)(H2,61,63,70). The van der Waals surface area contributed by atoms with Crippen LogP contribution in [-0.2, 0) is 66.0 Å². The number of amides is 4. The summed E-state index contributed by atoms with van der Waals surface area (Å²) in [7, 11) is -3.11. The van der Waals surface area contributed by atoms with Gasteiger partial charge in [-0.3, -0.25) is 0 Å². The molecule has 0 spiro atoms. The lowest BCUT2D eigenvalue weighted by atomic mass is 9.85. The Morgan fingerprint density at radius 2 is 0.901 bits per heavy atom. The first-order chi connectivity index (χ1) is 39.1. The molecule has 446 valence electrons. The first-order valence-corrected chi connectivity index (χ1v) is 31.3. The van der Waals surface area contributed by atoms with Gasteiger partial charge in [0.2, 0.25) is 15.3 Å². The van der Waals surface area contributed by atoms with E-state index in [-0.39, 0.29) is 68.3 Å². The molecule has 6 N–H and O–H groups in total. The van der Waals surface area contributed by atoms with E-state index in [1.807, 2.05) is 38.4 Å². The Balaban J connectivity index is 0.674. The van der Waals surface area contributed by atoms with E-state index in [1.54, 1.807) is 53.8 Å². The SMILES string of the molecule is CN1Cc2c(Cl)cc(Cl)cc2C(c2cccc(S(=O)(=O)NCCOCCOCCOCCNC(=O)NCCCCNC(=O)NCCOCCOCCOCCNS(=O)(=C=O)c3cccc(C4CN(C)Cc5c(Cl)cc(Cl)cc54)c3)c2)C1. The van der Waals surface area contributed by atoms with Gasteiger partial charge in [-0.2, -0.15) is 0 Å². The van der Waals surface area contributed by atoms with Crippen molar-refractivity contribution < 1.29 is 55.4 Å². The van der Waals surface area contributed by atoms with Crippen molar-refractivity contribution >= 4 is 83.4 Å². The average molecular weight is 1250 g/mol. The van der Waals surface area contributed by atoms with Crippen molar-refractivity contribution in [3.8, 4) is 0 Å². The lowest BCUT2D eigenvalue weighted by Gasteiger charge is -2.33. The summed E-state index contributed by atoms with van der Waals surface area (Å²) in [6.45, 7) is 7.97. The summed E-state index contributed by atoms with van der Waals surface area (Å²) < 4.78 is 78.5. The molecule has 4 aromatic rings. The Bertz CT molecular complexity index is 2940. The van der Waals surface area contributed by atoms with Crippen molar-refractivity contribution in [2.75, 3.05) is 146 Å². The highest BCUT2D eigenvalue weighted by Gasteiger charge is 2.30. The third-order valence-electron chi connectivity index (χ3n) is 13.1. The summed E-state index contributed by atoms with van der Waals surface area (Å²) in [5.74, 6) is -0.171. The molecule has 20 nitrogen and oxygen atoms in total. The van der Waals surface area contributed by atoms with Crippen LogP contribution in [0, 0.1) is 0 Å². The van der Waals surface area contributed by atoms with E-state index in [4.69, 9.17) is 74.8 Å². The molecule has 2 heterocycles. The highest BCUT2D eigenvalue weighted by molar-refractivity contribution is 7.98. The fourth-order valence-corrected chi connectivity index (χ4v) is 12.6. The molecule has 0 bridgehead atoms. The second-order valence-corrected chi connectivity index (χ2v) is 24.7. The number of nitrogens with zero attached hydrogens (tertiary/aromatic N) is 2. The summed E-state index contributed by atoms with van der Waals surface area (Å²) in [6.07, 6.45) is 1.34. The molecule has 81 heavy (non-hydrogen) atoms. The Hall–Kier alpha value is -4.14. The van der Waals surface area contributed by atoms with Crippen molar-refractivity contribution in [1.82, 2.24) is 40.5 Å². The number of carbonyl (C=O) groups excluding carboxylic acids is 3. The first-order valence-electron chi connectivity index (χ1n) is 26.8. The smallest absolute Gasteiger partial charge is 0.314 e. The van der Waals surface area contributed by atoms with Gasteiger partial charge in [0.15, 0.2) is 0 Å². The Labute approximate surface area is 496 Å². The lowest BCUT2D eigenvalue weighted by Crippen LogP contribution is -2.39. The minimum atomic E-state index is -3.78. The molecular weight excluding hydrogens is 1170 g/mol. The quantitative estimate of drug-likeness (QED) is 0.0225. The number of sulfonamides is 1. The van der Waals surface area contributed by atoms with E-state index in [2.05, 4.69) is 40.5 Å². The molecule has 3 atom stereocenters. The zero-order chi connectivity index (χ0) is 58.0. The molecule has 0 aromatic heterocycles. The average Bonchev–Trinajstić information content (AvgIpc) is 3.58. The summed E-state index contributed by atoms with van der Waals surface area (Å²) in [6, 6.07) is 20.7. The van der Waals surface area contributed by atoms with Crippen molar-refractivity contribution in [2.24, 2.45) is 0 Å². The number of nitrogens with one attached hydrogen (secondary N) is 6. The second kappa shape index (κ2) is 34.6. The first kappa shape index (κ1) is 66.0. The zero-order valence-corrected chi connectivity index (χ0v) is 50.3. The van der Waals surface area contributed by atoms with Crippen LogP contribution in [0.1, 0.15) is 58.1 Å². The monoisotopic (exact) mass is 1240 g/mol. The van der Waals surface area contributed by atoms with Gasteiger partial charge in [-0.05, 0) is 109 Å². The van der Waals surface area contributed by atoms with Crippen LogP contribution < -0.4 is 30.7 Å². The minimum absolute atomic E-state index is 0.0804. The van der Waals surface area contributed by atoms with Gasteiger partial charge in [0.05, 0.1) is 89.1 Å². The molecule has 0 saturated heterocycles. The molecule has 2 aliphatic rings. The van der Waals surface area contributed by atoms with Crippen molar-refractivity contribution in [3.05, 3.63) is 126 Å². The maximum absolute atomic E-state index is 13.6. The zero-order valence-electron chi connectivity index (χ0n) is 45.7. The van der Waals surface area contributed by atoms with Crippen LogP contribution in [0.4, 0.5) is 9.59 Å². The number of likely N-dealkylation sites (N-methyl/N-ethyl adjacent to an activating group) is 2. The maximum atomic E-state index is 13.6. The van der Waals surface area contributed by atoms with E-state index >= 15 is 0 Å². The number of hydrogen-bond acceptors (Lipinski definition) is 14. The third kappa shape index (κ3) is 21.8. The van der Waals surface area contributed by atoms with Gasteiger partial charge in [-0.1, -0.05) is 70.7 Å². The van der Waals surface area contributed by atoms with Crippen LogP contribution in [0.3, 0.4) is 0 Å². The van der Waals surface area contributed by atoms with Gasteiger partial charge in [-0.15, -0.1) is 0 Å². The Morgan fingerprint density at radius 1 is 0.519 bits per heavy atom. The number of fused-ring (bicyclic) bond motifs is 2. The molecule has 2 aliphatic heterocycles. The van der Waals surface area contributed by atoms with Gasteiger partial charge in [0.1, 0.15) is 9.71 Å². The fourth-order valence-electron chi connectivity index (χ4n) is 9.16. The van der Waals surface area contributed by atoms with Crippen molar-refractivity contribution in [2.45, 2.75) is 47.6 Å². The summed E-state index contributed by atoms with van der Waals surface area (Å²) in [5, 5.41) is 15.0. The molecule has 0 fully saturated rings. The van der Waals surface area contributed by atoms with Gasteiger partial charge < -0.3 is 59.5 Å². The number of halogens is 4. The predicted molar refractivity (Wildman–Crippen MR) is 314 cm³/mol. The predicted octanol–water partition coefficient (Wildman–Crippen LogP) is 6.13. The number of ether oxygens (including phenoxy) is 6. The van der Waals surface area contributed by atoms with Crippen molar-refractivity contribution in [3.63, 3.8) is 0 Å². The van der Waals surface area contributed by atoms with Gasteiger partial charge in [0.25, 0.3) is 0 Å². The number of rotatable bonds is 35. The van der Waals surface area contributed by atoms with Crippen molar-refractivity contribution in [1.29, 1.82) is 0 Å². The number of carbonyl (C=O) groups is 2. The Morgan fingerprint density at radius 3 is 1.35 bits per heavy atom. The topological polar surface area (TPSA) is 236 Å². The van der Waals surface area contributed by atoms with Crippen LogP contribution in [0.25, 0.3) is 0 Å². The molecule has 0 saturated carbocycles. The number of unbranched alkanes of at least 4 members (excludes halogenated alkanes) is 1. The number of hydrogen-bond donors (Lipinski definition) is 6. The molecule has 4 aromatic carbocycles. The van der Waals surface area contributed by atoms with Crippen LogP contribution in [0.5, 0.6) is 0 Å². The second-order valence-electron chi connectivity index (χ2n) is 19.2. The molecular formula is C55H74Cl4N8O12S2. The van der Waals surface area contributed by atoms with Gasteiger partial charge in [0, 0.05) is 97.4 Å². The largest absolute Gasteiger partial charge is 0.378 e. The summed E-state index contributed by atoms with van der Waals surface area (Å²) >= 11 is 25.7. The van der Waals surface area contributed by atoms with E-state index in [0.29, 0.717) is 143 Å². The molecule has 0 radical (unpaired) electrons. The van der Waals surface area contributed by atoms with Crippen LogP contribution in [0.2, 0.25) is 20.1 Å². The van der Waals surface area contributed by atoms with Gasteiger partial charge >= 0.3 is 12.1 Å². The lowest BCUT2D eigenvalue weighted by molar-refractivity contribution is 0.0165. The molecule has 3 unspecified atom stereocenters. The molecule has 6 rings (SSSR count). The van der Waals surface area contributed by atoms with E-state index in [9.17, 15) is 27.0 Å². The highest BCUT2D eigenvalue weighted by Crippen LogP contribution is 2.40. The fraction of sp³-hybridized carbons (Fsp3) is 0.509. The minimum Gasteiger partial charge on any atom is -0.378 e. The summed E-state index contributed by atoms with van der Waals surface area (Å²) in [4.78, 5) is 41.0. The Kier molecular flexibility index (Phi) is 28.2. The molecule has 26 heteroatoms. The molecule has 0 aliphatic carbocycles. The van der Waals surface area contributed by atoms with E-state index in [0.717, 1.165) is 33.4 Å². The number of benzene rings is 4. The van der Waals surface area contributed by atoms with Crippen LogP contribution >= 0.6 is 46.4 Å². The molecule has 4 amide bonds. The van der Waals surface area contributed by atoms with Gasteiger partial charge in [-0.25, -0.2) is 36.5 Å². The maximum Gasteiger partial charge on any atom is 0.314 e. The highest BCUT2D eigenvalue weighted by atomic mass is 35.5. The van der Waals surface area contributed by atoms with Crippen LogP contribution in [-0.4, -0.2) is 185 Å². The third-order valence-corrected chi connectivity index (χ3v) is 17.4. The van der Waals surface area contributed by atoms with E-state index in [1.165, 1.54) is 0 Å². The van der Waals surface area contributed by atoms with Crippen LogP contribution in [0.15, 0.2) is 82.6 Å². The number of urea groups is 2. The summed E-state index contributed by atoms with van der Waals surface area (Å²) in [5.41, 5.74) is 5.74.